The summed E-state index contributed by atoms with van der Waals surface area (Å²) in [5.74, 6) is -1.24. The second-order valence-corrected chi connectivity index (χ2v) is 5.58. The molecule has 2 aromatic rings. The van der Waals surface area contributed by atoms with Crippen LogP contribution in [0.15, 0.2) is 54.6 Å². The van der Waals surface area contributed by atoms with Gasteiger partial charge in [-0.3, -0.25) is 4.79 Å². The second-order valence-electron chi connectivity index (χ2n) is 5.58. The van der Waals surface area contributed by atoms with Gasteiger partial charge in [-0.2, -0.15) is 0 Å². The van der Waals surface area contributed by atoms with Crippen LogP contribution in [0.3, 0.4) is 0 Å². The summed E-state index contributed by atoms with van der Waals surface area (Å²) >= 11 is 0. The Labute approximate surface area is 146 Å². The lowest BCUT2D eigenvalue weighted by Crippen LogP contribution is -2.30. The number of rotatable bonds is 7. The van der Waals surface area contributed by atoms with Gasteiger partial charge in [0.15, 0.2) is 6.61 Å². The Morgan fingerprint density at radius 1 is 1.16 bits per heavy atom. The van der Waals surface area contributed by atoms with Gasteiger partial charge in [-0.25, -0.2) is 9.18 Å². The number of amides is 1. The van der Waals surface area contributed by atoms with Crippen molar-refractivity contribution >= 4 is 18.0 Å². The number of esters is 1. The fourth-order valence-corrected chi connectivity index (χ4v) is 2.17. The van der Waals surface area contributed by atoms with E-state index in [9.17, 15) is 14.0 Å². The first kappa shape index (κ1) is 18.4. The molecule has 4 nitrogen and oxygen atoms in total. The highest BCUT2D eigenvalue weighted by atomic mass is 19.1. The highest BCUT2D eigenvalue weighted by Crippen LogP contribution is 2.06. The smallest absolute Gasteiger partial charge is 0.331 e. The van der Waals surface area contributed by atoms with E-state index in [0.717, 1.165) is 16.7 Å². The van der Waals surface area contributed by atoms with Crippen molar-refractivity contribution in [3.8, 4) is 0 Å². The molecular formula is C20H20FNO3. The molecule has 2 aromatic carbocycles. The molecule has 130 valence electrons. The number of ether oxygens (including phenoxy) is 1. The molecular weight excluding hydrogens is 321 g/mol. The molecule has 0 unspecified atom stereocenters. The topological polar surface area (TPSA) is 55.4 Å². The maximum Gasteiger partial charge on any atom is 0.331 e. The summed E-state index contributed by atoms with van der Waals surface area (Å²) in [4.78, 5) is 23.2. The highest BCUT2D eigenvalue weighted by molar-refractivity contribution is 5.89. The van der Waals surface area contributed by atoms with Crippen LogP contribution in [0.5, 0.6) is 0 Å². The van der Waals surface area contributed by atoms with E-state index < -0.39 is 5.97 Å². The van der Waals surface area contributed by atoms with Gasteiger partial charge in [0.2, 0.25) is 0 Å². The Bertz CT molecular complexity index is 754. The van der Waals surface area contributed by atoms with Gasteiger partial charge in [-0.15, -0.1) is 0 Å². The van der Waals surface area contributed by atoms with E-state index in [4.69, 9.17) is 4.74 Å². The average molecular weight is 341 g/mol. The zero-order valence-corrected chi connectivity index (χ0v) is 14.0. The van der Waals surface area contributed by atoms with E-state index in [1.165, 1.54) is 18.2 Å². The number of carbonyl (C=O) groups excluding carboxylic acids is 2. The number of halogens is 1. The number of aryl methyl sites for hydroxylation is 1. The number of hydrogen-bond donors (Lipinski definition) is 1. The quantitative estimate of drug-likeness (QED) is 0.622. The zero-order chi connectivity index (χ0) is 18.1. The first-order valence-corrected chi connectivity index (χ1v) is 7.95. The van der Waals surface area contributed by atoms with E-state index in [0.29, 0.717) is 13.0 Å². The normalized spacial score (nSPS) is 10.6. The molecule has 0 aliphatic heterocycles. The first-order valence-electron chi connectivity index (χ1n) is 7.95. The third-order valence-corrected chi connectivity index (χ3v) is 3.45. The van der Waals surface area contributed by atoms with Gasteiger partial charge in [0, 0.05) is 12.6 Å². The van der Waals surface area contributed by atoms with Crippen LogP contribution in [0, 0.1) is 12.7 Å². The molecule has 1 amide bonds. The van der Waals surface area contributed by atoms with Crippen molar-refractivity contribution in [2.24, 2.45) is 0 Å². The highest BCUT2D eigenvalue weighted by Gasteiger charge is 2.04. The van der Waals surface area contributed by atoms with Crippen molar-refractivity contribution in [3.63, 3.8) is 0 Å². The Hall–Kier alpha value is -2.95. The van der Waals surface area contributed by atoms with Crippen molar-refractivity contribution < 1.29 is 18.7 Å². The molecule has 0 spiro atoms. The van der Waals surface area contributed by atoms with Crippen LogP contribution in [-0.2, 0) is 20.7 Å². The van der Waals surface area contributed by atoms with Crippen LogP contribution in [0.4, 0.5) is 4.39 Å². The molecule has 0 aliphatic carbocycles. The van der Waals surface area contributed by atoms with Gasteiger partial charge in [-0.1, -0.05) is 42.0 Å². The number of hydrogen-bond acceptors (Lipinski definition) is 3. The number of carbonyl (C=O) groups is 2. The summed E-state index contributed by atoms with van der Waals surface area (Å²) in [7, 11) is 0. The Balaban J connectivity index is 1.67. The predicted molar refractivity (Wildman–Crippen MR) is 94.3 cm³/mol. The summed E-state index contributed by atoms with van der Waals surface area (Å²) in [5, 5.41) is 2.65. The molecule has 0 heterocycles. The van der Waals surface area contributed by atoms with Crippen LogP contribution in [0.2, 0.25) is 0 Å². The fraction of sp³-hybridized carbons (Fsp3) is 0.200. The fourth-order valence-electron chi connectivity index (χ4n) is 2.17. The van der Waals surface area contributed by atoms with E-state index in [1.807, 2.05) is 31.2 Å². The zero-order valence-electron chi connectivity index (χ0n) is 14.0. The molecule has 0 saturated carbocycles. The van der Waals surface area contributed by atoms with E-state index >= 15 is 0 Å². The maximum atomic E-state index is 12.8. The van der Waals surface area contributed by atoms with Crippen molar-refractivity contribution in [1.29, 1.82) is 0 Å². The van der Waals surface area contributed by atoms with Crippen molar-refractivity contribution in [2.75, 3.05) is 13.2 Å². The van der Waals surface area contributed by atoms with Crippen molar-refractivity contribution in [3.05, 3.63) is 77.1 Å². The molecule has 25 heavy (non-hydrogen) atoms. The molecule has 5 heteroatoms. The summed E-state index contributed by atoms with van der Waals surface area (Å²) < 4.78 is 17.7. The Morgan fingerprint density at radius 3 is 2.64 bits per heavy atom. The van der Waals surface area contributed by atoms with Gasteiger partial charge >= 0.3 is 5.97 Å². The van der Waals surface area contributed by atoms with Crippen LogP contribution in [0.25, 0.3) is 6.08 Å². The van der Waals surface area contributed by atoms with E-state index in [2.05, 4.69) is 5.32 Å². The third kappa shape index (κ3) is 6.99. The Morgan fingerprint density at radius 2 is 1.92 bits per heavy atom. The minimum atomic E-state index is -0.574. The van der Waals surface area contributed by atoms with E-state index in [1.54, 1.807) is 18.2 Å². The summed E-state index contributed by atoms with van der Waals surface area (Å²) in [5.41, 5.74) is 2.90. The third-order valence-electron chi connectivity index (χ3n) is 3.45. The van der Waals surface area contributed by atoms with Gasteiger partial charge in [0.25, 0.3) is 5.91 Å². The minimum Gasteiger partial charge on any atom is -0.452 e. The summed E-state index contributed by atoms with van der Waals surface area (Å²) in [6, 6.07) is 13.7. The largest absolute Gasteiger partial charge is 0.452 e. The van der Waals surface area contributed by atoms with Gasteiger partial charge < -0.3 is 10.1 Å². The number of benzene rings is 2. The molecule has 2 rings (SSSR count). The van der Waals surface area contributed by atoms with Crippen LogP contribution in [0.1, 0.15) is 16.7 Å². The van der Waals surface area contributed by atoms with Crippen molar-refractivity contribution in [1.82, 2.24) is 5.32 Å². The second kappa shape index (κ2) is 9.37. The summed E-state index contributed by atoms with van der Waals surface area (Å²) in [6.07, 6.45) is 3.51. The molecule has 0 bridgehead atoms. The lowest BCUT2D eigenvalue weighted by atomic mass is 10.1. The molecule has 1 N–H and O–H groups in total. The lowest BCUT2D eigenvalue weighted by molar-refractivity contribution is -0.143. The predicted octanol–water partition coefficient (Wildman–Crippen LogP) is 3.05. The van der Waals surface area contributed by atoms with Gasteiger partial charge in [0.1, 0.15) is 5.82 Å². The van der Waals surface area contributed by atoms with Crippen LogP contribution >= 0.6 is 0 Å². The lowest BCUT2D eigenvalue weighted by Gasteiger charge is -2.05. The molecule has 0 aliphatic rings. The van der Waals surface area contributed by atoms with Gasteiger partial charge in [0.05, 0.1) is 0 Å². The standard InChI is InChI=1S/C20H20FNO3/c1-15-3-2-4-17(13-15)7-10-20(24)25-14-19(23)22-12-11-16-5-8-18(21)9-6-16/h2-10,13H,11-12,14H2,1H3,(H,22,23)/b10-7+. The minimum absolute atomic E-state index is 0.293. The SMILES string of the molecule is Cc1cccc(/C=C/C(=O)OCC(=O)NCCc2ccc(F)cc2)c1. The molecule has 0 aromatic heterocycles. The summed E-state index contributed by atoms with van der Waals surface area (Å²) in [6.45, 7) is 2.02. The maximum absolute atomic E-state index is 12.8. The Kier molecular flexibility index (Phi) is 6.89. The van der Waals surface area contributed by atoms with Crippen LogP contribution < -0.4 is 5.32 Å². The average Bonchev–Trinajstić information content (AvgIpc) is 2.60. The molecule has 0 fully saturated rings. The van der Waals surface area contributed by atoms with Crippen LogP contribution in [-0.4, -0.2) is 25.0 Å². The van der Waals surface area contributed by atoms with E-state index in [-0.39, 0.29) is 18.3 Å². The first-order chi connectivity index (χ1) is 12.0. The van der Waals surface area contributed by atoms with Gasteiger partial charge in [-0.05, 0) is 42.7 Å². The molecule has 0 radical (unpaired) electrons. The molecule has 0 atom stereocenters. The monoisotopic (exact) mass is 341 g/mol. The number of nitrogens with one attached hydrogen (secondary N) is 1. The molecule has 0 saturated heterocycles. The van der Waals surface area contributed by atoms with Crippen molar-refractivity contribution in [2.45, 2.75) is 13.3 Å².